The molecule has 0 aromatic heterocycles. The van der Waals surface area contributed by atoms with Crippen molar-refractivity contribution in [3.8, 4) is 0 Å². The van der Waals surface area contributed by atoms with Gasteiger partial charge >= 0.3 is 0 Å². The van der Waals surface area contributed by atoms with E-state index < -0.39 is 61.5 Å². The van der Waals surface area contributed by atoms with Crippen LogP contribution in [-0.4, -0.2) is 98.7 Å². The lowest BCUT2D eigenvalue weighted by molar-refractivity contribution is -0.302. The Morgan fingerprint density at radius 2 is 1.12 bits per heavy atom. The summed E-state index contributed by atoms with van der Waals surface area (Å²) >= 11 is 0. The van der Waals surface area contributed by atoms with E-state index in [1.165, 1.54) is 128 Å². The molecular formula is C47H89NO9. The first-order valence-corrected chi connectivity index (χ1v) is 23.6. The number of allylic oxidation sites excluding steroid dienone is 3. The van der Waals surface area contributed by atoms with E-state index in [1.54, 1.807) is 6.08 Å². The second-order valence-electron chi connectivity index (χ2n) is 16.9. The molecule has 1 rings (SSSR count). The van der Waals surface area contributed by atoms with Gasteiger partial charge in [0, 0.05) is 0 Å². The molecule has 0 aromatic rings. The number of carbonyl (C=O) groups is 1. The Kier molecular flexibility index (Phi) is 34.3. The van der Waals surface area contributed by atoms with Crippen molar-refractivity contribution in [2.75, 3.05) is 13.2 Å². The third-order valence-corrected chi connectivity index (χ3v) is 11.7. The number of aliphatic hydroxyl groups is 6. The molecule has 0 radical (unpaired) electrons. The quantitative estimate of drug-likeness (QED) is 0.0238. The molecular weight excluding hydrogens is 723 g/mol. The fourth-order valence-electron chi connectivity index (χ4n) is 7.37. The van der Waals surface area contributed by atoms with Crippen LogP contribution in [-0.2, 0) is 14.3 Å². The monoisotopic (exact) mass is 812 g/mol. The molecule has 1 heterocycles. The van der Waals surface area contributed by atoms with Crippen LogP contribution >= 0.6 is 0 Å². The number of aliphatic hydroxyl groups excluding tert-OH is 6. The topological polar surface area (TPSA) is 169 Å². The van der Waals surface area contributed by atoms with E-state index in [1.807, 2.05) is 6.08 Å². The maximum Gasteiger partial charge on any atom is 0.249 e. The van der Waals surface area contributed by atoms with Gasteiger partial charge in [-0.15, -0.1) is 0 Å². The third kappa shape index (κ3) is 27.2. The summed E-state index contributed by atoms with van der Waals surface area (Å²) < 4.78 is 11.1. The fraction of sp³-hybridized carbons (Fsp3) is 0.894. The highest BCUT2D eigenvalue weighted by molar-refractivity contribution is 5.80. The van der Waals surface area contributed by atoms with Gasteiger partial charge in [0.05, 0.1) is 25.4 Å². The van der Waals surface area contributed by atoms with Gasteiger partial charge in [-0.25, -0.2) is 0 Å². The van der Waals surface area contributed by atoms with Crippen LogP contribution in [0.15, 0.2) is 24.3 Å². The summed E-state index contributed by atoms with van der Waals surface area (Å²) in [5.74, 6) is 0.180. The number of unbranched alkanes of at least 4 members (excludes halogenated alkanes) is 22. The van der Waals surface area contributed by atoms with Crippen molar-refractivity contribution in [2.45, 2.75) is 250 Å². The van der Waals surface area contributed by atoms with Gasteiger partial charge in [-0.1, -0.05) is 180 Å². The Morgan fingerprint density at radius 3 is 1.63 bits per heavy atom. The van der Waals surface area contributed by atoms with Crippen molar-refractivity contribution >= 4 is 5.91 Å². The molecule has 7 N–H and O–H groups in total. The minimum Gasteiger partial charge on any atom is -0.394 e. The molecule has 1 saturated heterocycles. The van der Waals surface area contributed by atoms with Crippen LogP contribution in [0.1, 0.15) is 201 Å². The molecule has 1 unspecified atom stereocenters. The highest BCUT2D eigenvalue weighted by Crippen LogP contribution is 2.23. The lowest BCUT2D eigenvalue weighted by Crippen LogP contribution is -2.60. The molecule has 10 heteroatoms. The lowest BCUT2D eigenvalue weighted by atomic mass is 9.99. The van der Waals surface area contributed by atoms with E-state index in [0.717, 1.165) is 44.4 Å². The van der Waals surface area contributed by atoms with Crippen LogP contribution in [0, 0.1) is 5.92 Å². The maximum atomic E-state index is 13.0. The van der Waals surface area contributed by atoms with Crippen LogP contribution in [0.4, 0.5) is 0 Å². The largest absolute Gasteiger partial charge is 0.394 e. The zero-order chi connectivity index (χ0) is 41.9. The normalized spacial score (nSPS) is 22.3. The number of nitrogens with one attached hydrogen (secondary N) is 1. The molecule has 9 atom stereocenters. The van der Waals surface area contributed by atoms with Crippen LogP contribution in [0.3, 0.4) is 0 Å². The van der Waals surface area contributed by atoms with Gasteiger partial charge in [0.15, 0.2) is 6.29 Å². The summed E-state index contributed by atoms with van der Waals surface area (Å²) in [7, 11) is 0. The molecule has 0 aliphatic carbocycles. The van der Waals surface area contributed by atoms with Gasteiger partial charge in [-0.05, 0) is 50.9 Å². The smallest absolute Gasteiger partial charge is 0.249 e. The average Bonchev–Trinajstić information content (AvgIpc) is 3.21. The number of carbonyl (C=O) groups excluding carboxylic acids is 1. The average molecular weight is 812 g/mol. The Hall–Kier alpha value is -1.37. The highest BCUT2D eigenvalue weighted by Gasteiger charge is 2.44. The van der Waals surface area contributed by atoms with Gasteiger partial charge in [0.1, 0.15) is 30.5 Å². The van der Waals surface area contributed by atoms with Gasteiger partial charge < -0.3 is 45.4 Å². The Morgan fingerprint density at radius 1 is 0.649 bits per heavy atom. The molecule has 1 aliphatic heterocycles. The first kappa shape index (κ1) is 53.6. The summed E-state index contributed by atoms with van der Waals surface area (Å²) in [6.07, 6.45) is 31.3. The van der Waals surface area contributed by atoms with Gasteiger partial charge in [0.25, 0.3) is 0 Å². The van der Waals surface area contributed by atoms with Crippen LogP contribution in [0.2, 0.25) is 0 Å². The number of hydrogen-bond donors (Lipinski definition) is 7. The van der Waals surface area contributed by atoms with E-state index in [-0.39, 0.29) is 6.61 Å². The maximum absolute atomic E-state index is 13.0. The molecule has 1 fully saturated rings. The highest BCUT2D eigenvalue weighted by atomic mass is 16.7. The summed E-state index contributed by atoms with van der Waals surface area (Å²) in [5, 5.41) is 64.6. The third-order valence-electron chi connectivity index (χ3n) is 11.7. The molecule has 0 spiro atoms. The molecule has 0 saturated carbocycles. The molecule has 1 amide bonds. The van der Waals surface area contributed by atoms with E-state index in [4.69, 9.17) is 9.47 Å². The summed E-state index contributed by atoms with van der Waals surface area (Å²) in [6, 6.07) is -0.979. The second-order valence-corrected chi connectivity index (χ2v) is 16.9. The predicted molar refractivity (Wildman–Crippen MR) is 232 cm³/mol. The Balaban J connectivity index is 2.37. The minimum absolute atomic E-state index is 0.306. The second kappa shape index (κ2) is 36.5. The van der Waals surface area contributed by atoms with E-state index in [0.29, 0.717) is 12.8 Å². The number of amides is 1. The van der Waals surface area contributed by atoms with Crippen molar-refractivity contribution in [1.82, 2.24) is 5.32 Å². The first-order valence-electron chi connectivity index (χ1n) is 23.6. The van der Waals surface area contributed by atoms with Crippen LogP contribution in [0.25, 0.3) is 0 Å². The molecule has 10 nitrogen and oxygen atoms in total. The van der Waals surface area contributed by atoms with Crippen molar-refractivity contribution in [2.24, 2.45) is 5.92 Å². The summed E-state index contributed by atoms with van der Waals surface area (Å²) in [4.78, 5) is 13.0. The van der Waals surface area contributed by atoms with Crippen LogP contribution < -0.4 is 5.32 Å². The Bertz CT molecular complexity index is 979. The number of ether oxygens (including phenoxy) is 2. The Labute approximate surface area is 348 Å². The summed E-state index contributed by atoms with van der Waals surface area (Å²) in [5.41, 5.74) is 0. The first-order chi connectivity index (χ1) is 27.7. The lowest BCUT2D eigenvalue weighted by Gasteiger charge is -2.40. The van der Waals surface area contributed by atoms with Crippen molar-refractivity contribution in [3.63, 3.8) is 0 Å². The predicted octanol–water partition coefficient (Wildman–Crippen LogP) is 8.72. The summed E-state index contributed by atoms with van der Waals surface area (Å²) in [6.45, 7) is 5.91. The number of rotatable bonds is 38. The van der Waals surface area contributed by atoms with Crippen molar-refractivity contribution < 1.29 is 44.9 Å². The van der Waals surface area contributed by atoms with Crippen molar-refractivity contribution in [1.29, 1.82) is 0 Å². The fourth-order valence-corrected chi connectivity index (χ4v) is 7.37. The van der Waals surface area contributed by atoms with Crippen molar-refractivity contribution in [3.05, 3.63) is 24.3 Å². The SMILES string of the molecule is CCCCCCCC/C=C\CCCCCCCCCCCC[C@@H](O)C(=O)N[C@@H](CO[C@@H]1O[C@H](CO)[C@@H](O)[C@H](O)[C@H]1O)[C@H](O)/C=C/CCCCCCCCC(C)CC. The molecule has 1 aliphatic rings. The molecule has 0 bridgehead atoms. The molecule has 336 valence electrons. The molecule has 0 aromatic carbocycles. The van der Waals surface area contributed by atoms with E-state index in [9.17, 15) is 35.4 Å². The van der Waals surface area contributed by atoms with Gasteiger partial charge in [0.2, 0.25) is 5.91 Å². The zero-order valence-electron chi connectivity index (χ0n) is 36.6. The minimum atomic E-state index is -1.61. The van der Waals surface area contributed by atoms with E-state index in [2.05, 4.69) is 38.2 Å². The van der Waals surface area contributed by atoms with Crippen LogP contribution in [0.5, 0.6) is 0 Å². The standard InChI is InChI=1S/C47H89NO9/c1-4-6-7-8-9-10-11-12-13-14-15-16-17-18-19-20-21-26-29-32-35-41(51)46(55)48-39(37-56-47-45(54)44(53)43(52)42(36-49)57-47)40(50)34-31-28-25-23-22-24-27-30-33-38(3)5-2/h12-13,31,34,38-45,47,49-54H,4-11,14-30,32-33,35-37H2,1-3H3,(H,48,55)/b13-12-,34-31+/t38?,39-,40+,41+,42+,43+,44-,45+,47+/m0/s1. The number of hydrogen-bond acceptors (Lipinski definition) is 9. The van der Waals surface area contributed by atoms with Gasteiger partial charge in [-0.3, -0.25) is 4.79 Å². The van der Waals surface area contributed by atoms with Gasteiger partial charge in [-0.2, -0.15) is 0 Å². The zero-order valence-corrected chi connectivity index (χ0v) is 36.6. The molecule has 57 heavy (non-hydrogen) atoms. The van der Waals surface area contributed by atoms with E-state index >= 15 is 0 Å².